The average molecular weight is 467 g/mol. The summed E-state index contributed by atoms with van der Waals surface area (Å²) in [6.07, 6.45) is 0.236. The van der Waals surface area contributed by atoms with Crippen molar-refractivity contribution >= 4 is 25.8 Å². The van der Waals surface area contributed by atoms with Gasteiger partial charge in [0, 0.05) is 19.5 Å². The second kappa shape index (κ2) is 10.4. The molecule has 0 spiro atoms. The van der Waals surface area contributed by atoms with Gasteiger partial charge in [-0.15, -0.1) is 0 Å². The third-order valence-electron chi connectivity index (χ3n) is 4.69. The second-order valence-electron chi connectivity index (χ2n) is 8.26. The summed E-state index contributed by atoms with van der Waals surface area (Å²) in [5.41, 5.74) is 0.953. The Morgan fingerprint density at radius 3 is 2.03 bits per heavy atom. The SMILES string of the molecule is CC(C)(C)c1ccc(S(=O)(=O)NCCC(=O)NCCCS(=O)(=O)c2ccccc2)cc1. The van der Waals surface area contributed by atoms with Gasteiger partial charge in [0.25, 0.3) is 0 Å². The predicted molar refractivity (Wildman–Crippen MR) is 121 cm³/mol. The molecule has 2 aromatic carbocycles. The third kappa shape index (κ3) is 7.75. The molecule has 0 aliphatic heterocycles. The number of carbonyl (C=O) groups excluding carboxylic acids is 1. The first-order chi connectivity index (χ1) is 14.4. The van der Waals surface area contributed by atoms with Crippen LogP contribution in [0.1, 0.15) is 39.2 Å². The zero-order valence-corrected chi connectivity index (χ0v) is 19.7. The van der Waals surface area contributed by atoms with Gasteiger partial charge in [0.05, 0.1) is 15.5 Å². The summed E-state index contributed by atoms with van der Waals surface area (Å²) in [5, 5.41) is 2.62. The van der Waals surface area contributed by atoms with Crippen LogP contribution in [-0.4, -0.2) is 41.6 Å². The van der Waals surface area contributed by atoms with Crippen molar-refractivity contribution in [1.29, 1.82) is 0 Å². The molecule has 2 rings (SSSR count). The first-order valence-electron chi connectivity index (χ1n) is 10.1. The van der Waals surface area contributed by atoms with Crippen molar-refractivity contribution < 1.29 is 21.6 Å². The molecule has 9 heteroatoms. The Balaban J connectivity index is 1.74. The molecule has 0 aliphatic carbocycles. The van der Waals surface area contributed by atoms with Crippen LogP contribution in [0.4, 0.5) is 0 Å². The number of benzene rings is 2. The monoisotopic (exact) mass is 466 g/mol. The fraction of sp³-hybridized carbons (Fsp3) is 0.409. The van der Waals surface area contributed by atoms with Crippen molar-refractivity contribution in [2.75, 3.05) is 18.8 Å². The highest BCUT2D eigenvalue weighted by Crippen LogP contribution is 2.23. The van der Waals surface area contributed by atoms with Crippen LogP contribution in [0, 0.1) is 0 Å². The zero-order valence-electron chi connectivity index (χ0n) is 18.1. The van der Waals surface area contributed by atoms with Gasteiger partial charge < -0.3 is 5.32 Å². The predicted octanol–water partition coefficient (Wildman–Crippen LogP) is 2.63. The second-order valence-corrected chi connectivity index (χ2v) is 12.1. The van der Waals surface area contributed by atoms with Crippen LogP contribution in [0.2, 0.25) is 0 Å². The Bertz CT molecular complexity index is 1070. The highest BCUT2D eigenvalue weighted by Gasteiger charge is 2.18. The van der Waals surface area contributed by atoms with Gasteiger partial charge in [-0.25, -0.2) is 21.6 Å². The minimum Gasteiger partial charge on any atom is -0.356 e. The lowest BCUT2D eigenvalue weighted by Gasteiger charge is -2.19. The van der Waals surface area contributed by atoms with E-state index in [4.69, 9.17) is 0 Å². The van der Waals surface area contributed by atoms with E-state index in [1.54, 1.807) is 42.5 Å². The molecule has 0 heterocycles. The number of sulfonamides is 1. The highest BCUT2D eigenvalue weighted by molar-refractivity contribution is 7.91. The van der Waals surface area contributed by atoms with Crippen molar-refractivity contribution in [1.82, 2.24) is 10.0 Å². The molecule has 0 aromatic heterocycles. The van der Waals surface area contributed by atoms with Gasteiger partial charge in [-0.05, 0) is 41.7 Å². The molecule has 0 unspecified atom stereocenters. The summed E-state index contributed by atoms with van der Waals surface area (Å²) in [7, 11) is -7.08. The number of sulfone groups is 1. The van der Waals surface area contributed by atoms with Crippen LogP contribution >= 0.6 is 0 Å². The Morgan fingerprint density at radius 1 is 0.839 bits per heavy atom. The number of hydrogen-bond acceptors (Lipinski definition) is 5. The smallest absolute Gasteiger partial charge is 0.240 e. The van der Waals surface area contributed by atoms with Crippen LogP contribution in [0.15, 0.2) is 64.4 Å². The fourth-order valence-electron chi connectivity index (χ4n) is 2.84. The van der Waals surface area contributed by atoms with Gasteiger partial charge in [-0.3, -0.25) is 4.79 Å². The van der Waals surface area contributed by atoms with Crippen molar-refractivity contribution in [2.24, 2.45) is 0 Å². The Kier molecular flexibility index (Phi) is 8.39. The molecule has 0 saturated heterocycles. The van der Waals surface area contributed by atoms with Gasteiger partial charge in [0.2, 0.25) is 15.9 Å². The third-order valence-corrected chi connectivity index (χ3v) is 7.98. The van der Waals surface area contributed by atoms with Crippen molar-refractivity contribution in [3.05, 3.63) is 60.2 Å². The topological polar surface area (TPSA) is 109 Å². The highest BCUT2D eigenvalue weighted by atomic mass is 32.2. The number of hydrogen-bond donors (Lipinski definition) is 2. The zero-order chi connectivity index (χ0) is 23.1. The van der Waals surface area contributed by atoms with Crippen LogP contribution in [0.3, 0.4) is 0 Å². The van der Waals surface area contributed by atoms with E-state index >= 15 is 0 Å². The molecular weight excluding hydrogens is 436 g/mol. The molecule has 170 valence electrons. The molecule has 2 aromatic rings. The van der Waals surface area contributed by atoms with E-state index in [0.717, 1.165) is 5.56 Å². The van der Waals surface area contributed by atoms with E-state index in [2.05, 4.69) is 10.0 Å². The number of nitrogens with one attached hydrogen (secondary N) is 2. The Hall–Kier alpha value is -2.23. The van der Waals surface area contributed by atoms with Crippen LogP contribution in [0.25, 0.3) is 0 Å². The van der Waals surface area contributed by atoms with Gasteiger partial charge >= 0.3 is 0 Å². The summed E-state index contributed by atoms with van der Waals surface area (Å²) >= 11 is 0. The summed E-state index contributed by atoms with van der Waals surface area (Å²) < 4.78 is 51.5. The van der Waals surface area contributed by atoms with E-state index in [1.165, 1.54) is 12.1 Å². The van der Waals surface area contributed by atoms with Gasteiger partial charge in [0.15, 0.2) is 9.84 Å². The van der Waals surface area contributed by atoms with E-state index < -0.39 is 19.9 Å². The molecule has 0 fully saturated rings. The molecule has 1 amide bonds. The quantitative estimate of drug-likeness (QED) is 0.523. The summed E-state index contributed by atoms with van der Waals surface area (Å²) in [4.78, 5) is 12.3. The number of rotatable bonds is 10. The summed E-state index contributed by atoms with van der Waals surface area (Å²) in [6, 6.07) is 14.8. The molecule has 7 nitrogen and oxygen atoms in total. The maximum Gasteiger partial charge on any atom is 0.240 e. The molecule has 0 atom stereocenters. The molecule has 2 N–H and O–H groups in total. The lowest BCUT2D eigenvalue weighted by Crippen LogP contribution is -2.31. The van der Waals surface area contributed by atoms with Crippen LogP contribution < -0.4 is 10.0 Å². The van der Waals surface area contributed by atoms with Gasteiger partial charge in [-0.2, -0.15) is 0 Å². The Labute approximate surface area is 185 Å². The van der Waals surface area contributed by atoms with Crippen LogP contribution in [0.5, 0.6) is 0 Å². The molecule has 0 bridgehead atoms. The minimum atomic E-state index is -3.70. The molecule has 0 radical (unpaired) electrons. The van der Waals surface area contributed by atoms with E-state index in [-0.39, 0.29) is 52.8 Å². The molecular formula is C22H30N2O5S2. The summed E-state index contributed by atoms with van der Waals surface area (Å²) in [5.74, 6) is -0.419. The number of carbonyl (C=O) groups is 1. The summed E-state index contributed by atoms with van der Waals surface area (Å²) in [6.45, 7) is 6.29. The fourth-order valence-corrected chi connectivity index (χ4v) is 5.20. The largest absolute Gasteiger partial charge is 0.356 e. The van der Waals surface area contributed by atoms with Crippen molar-refractivity contribution in [3.63, 3.8) is 0 Å². The average Bonchev–Trinajstić information content (AvgIpc) is 2.71. The number of amides is 1. The van der Waals surface area contributed by atoms with E-state index in [9.17, 15) is 21.6 Å². The molecule has 31 heavy (non-hydrogen) atoms. The molecule has 0 saturated carbocycles. The van der Waals surface area contributed by atoms with Gasteiger partial charge in [-0.1, -0.05) is 51.1 Å². The van der Waals surface area contributed by atoms with E-state index in [1.807, 2.05) is 20.8 Å². The normalized spacial score (nSPS) is 12.5. The first-order valence-corrected chi connectivity index (χ1v) is 13.2. The maximum absolute atomic E-state index is 12.4. The first kappa shape index (κ1) is 25.0. The maximum atomic E-state index is 12.4. The lowest BCUT2D eigenvalue weighted by atomic mass is 9.87. The van der Waals surface area contributed by atoms with E-state index in [0.29, 0.717) is 0 Å². The standard InChI is InChI=1S/C22H30N2O5S2/c1-22(2,3)18-10-12-20(13-11-18)31(28,29)24-16-14-21(25)23-15-7-17-30(26,27)19-8-5-4-6-9-19/h4-6,8-13,24H,7,14-17H2,1-3H3,(H,23,25). The lowest BCUT2D eigenvalue weighted by molar-refractivity contribution is -0.120. The Morgan fingerprint density at radius 2 is 1.45 bits per heavy atom. The van der Waals surface area contributed by atoms with Crippen LogP contribution in [-0.2, 0) is 30.1 Å². The van der Waals surface area contributed by atoms with Gasteiger partial charge in [0.1, 0.15) is 0 Å². The van der Waals surface area contributed by atoms with Crippen molar-refractivity contribution in [2.45, 2.75) is 48.8 Å². The molecule has 0 aliphatic rings. The van der Waals surface area contributed by atoms with Crippen molar-refractivity contribution in [3.8, 4) is 0 Å². The minimum absolute atomic E-state index is 0.0370.